The zero-order chi connectivity index (χ0) is 13.3. The molecule has 0 spiro atoms. The van der Waals surface area contributed by atoms with Crippen LogP contribution in [0.5, 0.6) is 0 Å². The predicted molar refractivity (Wildman–Crippen MR) is 78.0 cm³/mol. The average Bonchev–Trinajstić information content (AvgIpc) is 2.84. The van der Waals surface area contributed by atoms with E-state index in [4.69, 9.17) is 5.73 Å². The van der Waals surface area contributed by atoms with Gasteiger partial charge in [0.25, 0.3) is 0 Å². The van der Waals surface area contributed by atoms with Gasteiger partial charge in [0.2, 0.25) is 5.91 Å². The fourth-order valence-electron chi connectivity index (χ4n) is 2.74. The number of nitrogens with two attached hydrogens (primary N) is 1. The van der Waals surface area contributed by atoms with Gasteiger partial charge in [-0.2, -0.15) is 5.10 Å². The minimum Gasteiger partial charge on any atom is -0.368 e. The standard InChI is InChI=1S/C12H19IN4O/c1-8(2)16-12(11(14)18)4-3-10(5-12)17-7-9(13)6-15-17/h6-8,10,16H,3-5H2,1-2H3,(H2,14,18). The van der Waals surface area contributed by atoms with Gasteiger partial charge in [-0.25, -0.2) is 0 Å². The number of amides is 1. The van der Waals surface area contributed by atoms with Crippen LogP contribution in [0.4, 0.5) is 0 Å². The third-order valence-electron chi connectivity index (χ3n) is 3.47. The van der Waals surface area contributed by atoms with Crippen LogP contribution >= 0.6 is 22.6 Å². The summed E-state index contributed by atoms with van der Waals surface area (Å²) in [7, 11) is 0. The molecule has 5 nitrogen and oxygen atoms in total. The van der Waals surface area contributed by atoms with Gasteiger partial charge in [-0.05, 0) is 55.7 Å². The van der Waals surface area contributed by atoms with E-state index in [0.717, 1.165) is 22.8 Å². The molecule has 6 heteroatoms. The first-order chi connectivity index (χ1) is 8.43. The molecular formula is C12H19IN4O. The Balaban J connectivity index is 2.15. The maximum Gasteiger partial charge on any atom is 0.237 e. The van der Waals surface area contributed by atoms with E-state index in [1.165, 1.54) is 0 Å². The summed E-state index contributed by atoms with van der Waals surface area (Å²) in [5, 5.41) is 7.67. The molecular weight excluding hydrogens is 343 g/mol. The Morgan fingerprint density at radius 2 is 2.44 bits per heavy atom. The maximum atomic E-state index is 11.8. The third kappa shape index (κ3) is 2.69. The molecule has 1 aliphatic carbocycles. The largest absolute Gasteiger partial charge is 0.368 e. The normalized spacial score (nSPS) is 27.9. The highest BCUT2D eigenvalue weighted by atomic mass is 127. The van der Waals surface area contributed by atoms with Crippen molar-refractivity contribution in [1.82, 2.24) is 15.1 Å². The van der Waals surface area contributed by atoms with Gasteiger partial charge in [0, 0.05) is 12.2 Å². The number of primary amides is 1. The Bertz CT molecular complexity index is 445. The minimum atomic E-state index is -0.573. The molecule has 0 aliphatic heterocycles. The van der Waals surface area contributed by atoms with Crippen molar-refractivity contribution >= 4 is 28.5 Å². The lowest BCUT2D eigenvalue weighted by Crippen LogP contribution is -2.56. The first-order valence-corrected chi connectivity index (χ1v) is 7.28. The number of nitrogens with zero attached hydrogens (tertiary/aromatic N) is 2. The Morgan fingerprint density at radius 3 is 2.94 bits per heavy atom. The van der Waals surface area contributed by atoms with Crippen molar-refractivity contribution in [2.75, 3.05) is 0 Å². The highest BCUT2D eigenvalue weighted by Crippen LogP contribution is 2.37. The Labute approximate surface area is 121 Å². The van der Waals surface area contributed by atoms with Crippen molar-refractivity contribution in [3.8, 4) is 0 Å². The SMILES string of the molecule is CC(C)NC1(C(N)=O)CCC(n2cc(I)cn2)C1. The molecule has 1 saturated carbocycles. The molecule has 0 radical (unpaired) electrons. The van der Waals surface area contributed by atoms with E-state index < -0.39 is 5.54 Å². The van der Waals surface area contributed by atoms with Crippen molar-refractivity contribution in [1.29, 1.82) is 0 Å². The first kappa shape index (κ1) is 13.8. The van der Waals surface area contributed by atoms with Crippen LogP contribution in [0.15, 0.2) is 12.4 Å². The van der Waals surface area contributed by atoms with Gasteiger partial charge in [0.15, 0.2) is 0 Å². The number of halogens is 1. The van der Waals surface area contributed by atoms with E-state index in [2.05, 4.69) is 33.0 Å². The van der Waals surface area contributed by atoms with Crippen LogP contribution in [-0.4, -0.2) is 27.3 Å². The quantitative estimate of drug-likeness (QED) is 0.796. The first-order valence-electron chi connectivity index (χ1n) is 6.20. The summed E-state index contributed by atoms with van der Waals surface area (Å²) in [6, 6.07) is 0.501. The van der Waals surface area contributed by atoms with Crippen molar-refractivity contribution in [2.45, 2.75) is 50.7 Å². The predicted octanol–water partition coefficient (Wildman–Crippen LogP) is 1.43. The average molecular weight is 362 g/mol. The van der Waals surface area contributed by atoms with Crippen molar-refractivity contribution < 1.29 is 4.79 Å². The van der Waals surface area contributed by atoms with E-state index in [1.807, 2.05) is 30.9 Å². The summed E-state index contributed by atoms with van der Waals surface area (Å²) in [5.41, 5.74) is 5.02. The maximum absolute atomic E-state index is 11.8. The molecule has 1 aromatic heterocycles. The molecule has 100 valence electrons. The number of carbonyl (C=O) groups excluding carboxylic acids is 1. The number of nitrogens with one attached hydrogen (secondary N) is 1. The fourth-order valence-corrected chi connectivity index (χ4v) is 3.15. The van der Waals surface area contributed by atoms with Crippen LogP contribution in [0.1, 0.15) is 39.2 Å². The molecule has 1 heterocycles. The molecule has 1 aliphatic rings. The number of hydrogen-bond donors (Lipinski definition) is 2. The summed E-state index contributed by atoms with van der Waals surface area (Å²) in [6.07, 6.45) is 6.28. The Hall–Kier alpha value is -0.630. The number of rotatable bonds is 4. The van der Waals surface area contributed by atoms with E-state index in [9.17, 15) is 4.79 Å². The van der Waals surface area contributed by atoms with Crippen LogP contribution in [-0.2, 0) is 4.79 Å². The number of carbonyl (C=O) groups is 1. The summed E-state index contributed by atoms with van der Waals surface area (Å²) in [6.45, 7) is 4.07. The molecule has 0 saturated heterocycles. The second-order valence-corrected chi connectivity index (χ2v) is 6.53. The monoisotopic (exact) mass is 362 g/mol. The smallest absolute Gasteiger partial charge is 0.237 e. The molecule has 0 aromatic carbocycles. The lowest BCUT2D eigenvalue weighted by molar-refractivity contribution is -0.124. The van der Waals surface area contributed by atoms with Crippen molar-refractivity contribution in [3.63, 3.8) is 0 Å². The molecule has 1 aromatic rings. The van der Waals surface area contributed by atoms with Gasteiger partial charge in [-0.15, -0.1) is 0 Å². The molecule has 2 unspecified atom stereocenters. The molecule has 3 N–H and O–H groups in total. The topological polar surface area (TPSA) is 72.9 Å². The van der Waals surface area contributed by atoms with Crippen LogP contribution in [0.3, 0.4) is 0 Å². The van der Waals surface area contributed by atoms with Gasteiger partial charge >= 0.3 is 0 Å². The van der Waals surface area contributed by atoms with E-state index in [0.29, 0.717) is 0 Å². The van der Waals surface area contributed by atoms with E-state index in [-0.39, 0.29) is 18.0 Å². The molecule has 1 amide bonds. The summed E-state index contributed by atoms with van der Waals surface area (Å²) in [5.74, 6) is -0.249. The minimum absolute atomic E-state index is 0.244. The molecule has 2 atom stereocenters. The van der Waals surface area contributed by atoms with Gasteiger partial charge in [0.1, 0.15) is 0 Å². The molecule has 2 rings (SSSR count). The Morgan fingerprint density at radius 1 is 1.72 bits per heavy atom. The molecule has 1 fully saturated rings. The van der Waals surface area contributed by atoms with Gasteiger partial charge in [0.05, 0.1) is 21.3 Å². The fraction of sp³-hybridized carbons (Fsp3) is 0.667. The van der Waals surface area contributed by atoms with Gasteiger partial charge in [-0.3, -0.25) is 9.48 Å². The zero-order valence-corrected chi connectivity index (χ0v) is 12.8. The van der Waals surface area contributed by atoms with Crippen LogP contribution in [0.25, 0.3) is 0 Å². The molecule has 18 heavy (non-hydrogen) atoms. The Kier molecular flexibility index (Phi) is 3.96. The highest BCUT2D eigenvalue weighted by Gasteiger charge is 2.45. The third-order valence-corrected chi connectivity index (χ3v) is 4.03. The van der Waals surface area contributed by atoms with Gasteiger partial charge < -0.3 is 11.1 Å². The van der Waals surface area contributed by atoms with Crippen LogP contribution < -0.4 is 11.1 Å². The summed E-state index contributed by atoms with van der Waals surface area (Å²) in [4.78, 5) is 11.8. The number of aromatic nitrogens is 2. The zero-order valence-electron chi connectivity index (χ0n) is 10.7. The van der Waals surface area contributed by atoms with Crippen LogP contribution in [0.2, 0.25) is 0 Å². The van der Waals surface area contributed by atoms with Gasteiger partial charge in [-0.1, -0.05) is 0 Å². The molecule has 0 bridgehead atoms. The second kappa shape index (κ2) is 5.16. The number of hydrogen-bond acceptors (Lipinski definition) is 3. The van der Waals surface area contributed by atoms with Crippen LogP contribution in [0, 0.1) is 3.57 Å². The summed E-state index contributed by atoms with van der Waals surface area (Å²) >= 11 is 2.24. The van der Waals surface area contributed by atoms with E-state index in [1.54, 1.807) is 0 Å². The van der Waals surface area contributed by atoms with Crippen molar-refractivity contribution in [3.05, 3.63) is 16.0 Å². The summed E-state index contributed by atoms with van der Waals surface area (Å²) < 4.78 is 3.06. The second-order valence-electron chi connectivity index (χ2n) is 5.28. The highest BCUT2D eigenvalue weighted by molar-refractivity contribution is 14.1. The lowest BCUT2D eigenvalue weighted by atomic mass is 9.95. The lowest BCUT2D eigenvalue weighted by Gasteiger charge is -2.29. The van der Waals surface area contributed by atoms with Crippen molar-refractivity contribution in [2.24, 2.45) is 5.73 Å². The van der Waals surface area contributed by atoms with E-state index >= 15 is 0 Å².